The van der Waals surface area contributed by atoms with Crippen LogP contribution in [0.1, 0.15) is 19.4 Å². The number of hydrogen-bond acceptors (Lipinski definition) is 2. The third-order valence-electron chi connectivity index (χ3n) is 1.82. The summed E-state index contributed by atoms with van der Waals surface area (Å²) in [6.07, 6.45) is 0.145. The van der Waals surface area contributed by atoms with Gasteiger partial charge in [0.1, 0.15) is 0 Å². The van der Waals surface area contributed by atoms with Crippen LogP contribution in [0.2, 0.25) is 0 Å². The summed E-state index contributed by atoms with van der Waals surface area (Å²) in [6.45, 7) is 3.72. The van der Waals surface area contributed by atoms with E-state index in [-0.39, 0.29) is 18.4 Å². The van der Waals surface area contributed by atoms with Gasteiger partial charge >= 0.3 is 0 Å². The minimum Gasteiger partial charge on any atom is -0.505 e. The molecule has 0 saturated carbocycles. The highest BCUT2D eigenvalue weighted by Gasteiger charge is 2.07. The van der Waals surface area contributed by atoms with Gasteiger partial charge in [0.15, 0.2) is 11.6 Å². The third kappa shape index (κ3) is 3.58. The molecule has 0 aromatic heterocycles. The maximum Gasteiger partial charge on any atom is 0.224 e. The lowest BCUT2D eigenvalue weighted by atomic mass is 10.1. The molecule has 82 valence electrons. The Labute approximate surface area is 87.9 Å². The van der Waals surface area contributed by atoms with Crippen molar-refractivity contribution in [1.29, 1.82) is 0 Å². The SMILES string of the molecule is CC(C)NC(=O)Cc1ccc(F)c(O)c1. The fraction of sp³-hybridized carbons (Fsp3) is 0.364. The van der Waals surface area contributed by atoms with Crippen molar-refractivity contribution in [1.82, 2.24) is 5.32 Å². The highest BCUT2D eigenvalue weighted by atomic mass is 19.1. The van der Waals surface area contributed by atoms with Gasteiger partial charge < -0.3 is 10.4 Å². The summed E-state index contributed by atoms with van der Waals surface area (Å²) in [6, 6.07) is 3.96. The van der Waals surface area contributed by atoms with Gasteiger partial charge in [0.05, 0.1) is 6.42 Å². The number of hydrogen-bond donors (Lipinski definition) is 2. The molecule has 0 spiro atoms. The first-order valence-electron chi connectivity index (χ1n) is 4.76. The molecule has 0 aliphatic heterocycles. The lowest BCUT2D eigenvalue weighted by Gasteiger charge is -2.08. The number of phenols is 1. The quantitative estimate of drug-likeness (QED) is 0.797. The standard InChI is InChI=1S/C11H14FNO2/c1-7(2)13-11(15)6-8-3-4-9(12)10(14)5-8/h3-5,7,14H,6H2,1-2H3,(H,13,15). The van der Waals surface area contributed by atoms with Gasteiger partial charge in [-0.15, -0.1) is 0 Å². The van der Waals surface area contributed by atoms with Crippen molar-refractivity contribution < 1.29 is 14.3 Å². The van der Waals surface area contributed by atoms with E-state index in [1.165, 1.54) is 12.1 Å². The van der Waals surface area contributed by atoms with Gasteiger partial charge in [-0.1, -0.05) is 6.07 Å². The molecule has 0 saturated heterocycles. The highest BCUT2D eigenvalue weighted by molar-refractivity contribution is 5.78. The zero-order valence-corrected chi connectivity index (χ0v) is 8.75. The Balaban J connectivity index is 2.65. The number of carbonyl (C=O) groups excluding carboxylic acids is 1. The molecular weight excluding hydrogens is 197 g/mol. The third-order valence-corrected chi connectivity index (χ3v) is 1.82. The molecule has 0 radical (unpaired) electrons. The van der Waals surface area contributed by atoms with E-state index in [1.807, 2.05) is 13.8 Å². The molecule has 0 bridgehead atoms. The summed E-state index contributed by atoms with van der Waals surface area (Å²) in [5, 5.41) is 11.8. The van der Waals surface area contributed by atoms with Crippen molar-refractivity contribution in [2.24, 2.45) is 0 Å². The van der Waals surface area contributed by atoms with Crippen molar-refractivity contribution in [3.8, 4) is 5.75 Å². The zero-order chi connectivity index (χ0) is 11.4. The summed E-state index contributed by atoms with van der Waals surface area (Å²) in [7, 11) is 0. The van der Waals surface area contributed by atoms with Crippen LogP contribution in [0, 0.1) is 5.82 Å². The molecule has 0 atom stereocenters. The molecule has 0 heterocycles. The number of rotatable bonds is 3. The molecular formula is C11H14FNO2. The summed E-state index contributed by atoms with van der Waals surface area (Å²) in [5.41, 5.74) is 0.590. The van der Waals surface area contributed by atoms with Crippen molar-refractivity contribution in [2.45, 2.75) is 26.3 Å². The first-order chi connectivity index (χ1) is 6.99. The summed E-state index contributed by atoms with van der Waals surface area (Å²) in [5.74, 6) is -1.25. The Morgan fingerprint density at radius 3 is 2.73 bits per heavy atom. The summed E-state index contributed by atoms with van der Waals surface area (Å²) >= 11 is 0. The van der Waals surface area contributed by atoms with E-state index in [0.29, 0.717) is 5.56 Å². The van der Waals surface area contributed by atoms with Gasteiger partial charge in [0.25, 0.3) is 0 Å². The molecule has 0 aliphatic rings. The van der Waals surface area contributed by atoms with E-state index in [2.05, 4.69) is 5.32 Å². The monoisotopic (exact) mass is 211 g/mol. The molecule has 4 heteroatoms. The molecule has 1 rings (SSSR count). The molecule has 0 unspecified atom stereocenters. The second-order valence-electron chi connectivity index (χ2n) is 3.68. The second kappa shape index (κ2) is 4.77. The topological polar surface area (TPSA) is 49.3 Å². The van der Waals surface area contributed by atoms with E-state index in [9.17, 15) is 9.18 Å². The van der Waals surface area contributed by atoms with Gasteiger partial charge in [-0.05, 0) is 31.5 Å². The Morgan fingerprint density at radius 1 is 1.53 bits per heavy atom. The molecule has 1 amide bonds. The predicted molar refractivity (Wildman–Crippen MR) is 55.0 cm³/mol. The number of carbonyl (C=O) groups is 1. The number of phenolic OH excluding ortho intramolecular Hbond substituents is 1. The van der Waals surface area contributed by atoms with Crippen LogP contribution in [-0.4, -0.2) is 17.1 Å². The van der Waals surface area contributed by atoms with Crippen molar-refractivity contribution in [3.63, 3.8) is 0 Å². The number of benzene rings is 1. The van der Waals surface area contributed by atoms with Crippen LogP contribution in [0.3, 0.4) is 0 Å². The predicted octanol–water partition coefficient (Wildman–Crippen LogP) is 1.60. The zero-order valence-electron chi connectivity index (χ0n) is 8.75. The van der Waals surface area contributed by atoms with Crippen molar-refractivity contribution in [2.75, 3.05) is 0 Å². The van der Waals surface area contributed by atoms with E-state index < -0.39 is 11.6 Å². The maximum atomic E-state index is 12.7. The van der Waals surface area contributed by atoms with Crippen LogP contribution in [0.15, 0.2) is 18.2 Å². The summed E-state index contributed by atoms with van der Waals surface area (Å²) in [4.78, 5) is 11.3. The number of nitrogens with one attached hydrogen (secondary N) is 1. The number of amides is 1. The Bertz CT molecular complexity index is 364. The van der Waals surface area contributed by atoms with E-state index >= 15 is 0 Å². The Hall–Kier alpha value is -1.58. The molecule has 3 nitrogen and oxygen atoms in total. The van der Waals surface area contributed by atoms with Crippen LogP contribution in [-0.2, 0) is 11.2 Å². The number of aromatic hydroxyl groups is 1. The van der Waals surface area contributed by atoms with Crippen LogP contribution in [0.25, 0.3) is 0 Å². The van der Waals surface area contributed by atoms with Crippen LogP contribution < -0.4 is 5.32 Å². The normalized spacial score (nSPS) is 10.4. The average Bonchev–Trinajstić information content (AvgIpc) is 2.10. The van der Waals surface area contributed by atoms with Gasteiger partial charge in [-0.25, -0.2) is 4.39 Å². The molecule has 0 fully saturated rings. The molecule has 2 N–H and O–H groups in total. The second-order valence-corrected chi connectivity index (χ2v) is 3.68. The van der Waals surface area contributed by atoms with Crippen molar-refractivity contribution >= 4 is 5.91 Å². The van der Waals surface area contributed by atoms with Gasteiger partial charge in [0.2, 0.25) is 5.91 Å². The Morgan fingerprint density at radius 2 is 2.20 bits per heavy atom. The Kier molecular flexibility index (Phi) is 3.66. The van der Waals surface area contributed by atoms with E-state index in [1.54, 1.807) is 0 Å². The van der Waals surface area contributed by atoms with E-state index in [4.69, 9.17) is 5.11 Å². The highest BCUT2D eigenvalue weighted by Crippen LogP contribution is 2.16. The van der Waals surface area contributed by atoms with Crippen LogP contribution in [0.5, 0.6) is 5.75 Å². The van der Waals surface area contributed by atoms with Gasteiger partial charge in [-0.2, -0.15) is 0 Å². The maximum absolute atomic E-state index is 12.7. The van der Waals surface area contributed by atoms with Crippen LogP contribution >= 0.6 is 0 Å². The first kappa shape index (κ1) is 11.5. The van der Waals surface area contributed by atoms with Crippen molar-refractivity contribution in [3.05, 3.63) is 29.6 Å². The number of halogens is 1. The van der Waals surface area contributed by atoms with Gasteiger partial charge in [-0.3, -0.25) is 4.79 Å². The largest absolute Gasteiger partial charge is 0.505 e. The van der Waals surface area contributed by atoms with Crippen LogP contribution in [0.4, 0.5) is 4.39 Å². The summed E-state index contributed by atoms with van der Waals surface area (Å²) < 4.78 is 12.7. The van der Waals surface area contributed by atoms with Gasteiger partial charge in [0, 0.05) is 6.04 Å². The minimum atomic E-state index is -0.678. The lowest BCUT2D eigenvalue weighted by molar-refractivity contribution is -0.120. The minimum absolute atomic E-state index is 0.0755. The lowest BCUT2D eigenvalue weighted by Crippen LogP contribution is -2.31. The molecule has 1 aromatic carbocycles. The molecule has 1 aromatic rings. The first-order valence-corrected chi connectivity index (χ1v) is 4.76. The molecule has 0 aliphatic carbocycles. The average molecular weight is 211 g/mol. The smallest absolute Gasteiger partial charge is 0.224 e. The fourth-order valence-electron chi connectivity index (χ4n) is 1.23. The fourth-order valence-corrected chi connectivity index (χ4v) is 1.23. The molecule has 15 heavy (non-hydrogen) atoms. The van der Waals surface area contributed by atoms with E-state index in [0.717, 1.165) is 6.07 Å².